The molecule has 0 saturated carbocycles. The van der Waals surface area contributed by atoms with Crippen molar-refractivity contribution in [2.75, 3.05) is 19.8 Å². The first-order valence-electron chi connectivity index (χ1n) is 7.40. The van der Waals surface area contributed by atoms with Crippen LogP contribution in [0.4, 0.5) is 4.79 Å². The second kappa shape index (κ2) is 6.91. The van der Waals surface area contributed by atoms with Gasteiger partial charge in [-0.15, -0.1) is 0 Å². The lowest BCUT2D eigenvalue weighted by atomic mass is 9.94. The van der Waals surface area contributed by atoms with E-state index in [0.29, 0.717) is 26.1 Å². The molecule has 1 heterocycles. The molecule has 1 unspecified atom stereocenters. The molecule has 0 aliphatic carbocycles. The van der Waals surface area contributed by atoms with Crippen molar-refractivity contribution < 1.29 is 14.6 Å². The zero-order chi connectivity index (χ0) is 15.3. The summed E-state index contributed by atoms with van der Waals surface area (Å²) in [5.41, 5.74) is 1.40. The molecule has 1 saturated heterocycles. The summed E-state index contributed by atoms with van der Waals surface area (Å²) in [5.74, 6) is 0. The molecule has 5 heteroatoms. The highest BCUT2D eigenvalue weighted by molar-refractivity contribution is 5.74. The van der Waals surface area contributed by atoms with Crippen molar-refractivity contribution in [3.63, 3.8) is 0 Å². The minimum absolute atomic E-state index is 0.0741. The number of aryl methyl sites for hydroxylation is 1. The van der Waals surface area contributed by atoms with Gasteiger partial charge in [-0.25, -0.2) is 4.79 Å². The van der Waals surface area contributed by atoms with Gasteiger partial charge in [-0.05, 0) is 19.4 Å². The summed E-state index contributed by atoms with van der Waals surface area (Å²) >= 11 is 0. The van der Waals surface area contributed by atoms with Crippen molar-refractivity contribution in [1.82, 2.24) is 10.6 Å². The SMILES string of the molecule is Cc1ccc(C(C)NC(=O)NCC2(O)CCOCC2)cc1. The molecule has 2 amide bonds. The fourth-order valence-electron chi connectivity index (χ4n) is 2.36. The molecule has 1 aromatic rings. The average Bonchev–Trinajstić information content (AvgIpc) is 2.47. The van der Waals surface area contributed by atoms with Crippen LogP contribution in [-0.2, 0) is 4.74 Å². The van der Waals surface area contributed by atoms with Crippen LogP contribution >= 0.6 is 0 Å². The molecular weight excluding hydrogens is 268 g/mol. The highest BCUT2D eigenvalue weighted by Gasteiger charge is 2.30. The molecule has 1 atom stereocenters. The lowest BCUT2D eigenvalue weighted by Crippen LogP contribution is -2.49. The van der Waals surface area contributed by atoms with Crippen molar-refractivity contribution in [3.05, 3.63) is 35.4 Å². The smallest absolute Gasteiger partial charge is 0.315 e. The molecule has 116 valence electrons. The maximum atomic E-state index is 11.9. The van der Waals surface area contributed by atoms with Crippen LogP contribution in [0.25, 0.3) is 0 Å². The first-order chi connectivity index (χ1) is 9.98. The molecule has 1 aromatic carbocycles. The Balaban J connectivity index is 1.79. The average molecular weight is 292 g/mol. The number of carbonyl (C=O) groups is 1. The fourth-order valence-corrected chi connectivity index (χ4v) is 2.36. The first kappa shape index (κ1) is 15.8. The molecule has 5 nitrogen and oxygen atoms in total. The Kier molecular flexibility index (Phi) is 5.20. The Morgan fingerprint density at radius 2 is 1.95 bits per heavy atom. The van der Waals surface area contributed by atoms with Crippen LogP contribution < -0.4 is 10.6 Å². The zero-order valence-corrected chi connectivity index (χ0v) is 12.7. The monoisotopic (exact) mass is 292 g/mol. The summed E-state index contributed by atoms with van der Waals surface area (Å²) in [6.45, 7) is 5.30. The molecule has 1 fully saturated rings. The number of rotatable bonds is 4. The molecular formula is C16H24N2O3. The van der Waals surface area contributed by atoms with Crippen molar-refractivity contribution in [1.29, 1.82) is 0 Å². The Bertz CT molecular complexity index is 467. The van der Waals surface area contributed by atoms with E-state index in [9.17, 15) is 9.90 Å². The number of amides is 2. The van der Waals surface area contributed by atoms with E-state index in [0.717, 1.165) is 5.56 Å². The number of hydrogen-bond donors (Lipinski definition) is 3. The van der Waals surface area contributed by atoms with E-state index in [1.165, 1.54) is 5.56 Å². The maximum Gasteiger partial charge on any atom is 0.315 e. The molecule has 0 radical (unpaired) electrons. The molecule has 0 spiro atoms. The van der Waals surface area contributed by atoms with Gasteiger partial charge in [0.2, 0.25) is 0 Å². The van der Waals surface area contributed by atoms with E-state index in [-0.39, 0.29) is 18.6 Å². The van der Waals surface area contributed by atoms with Crippen LogP contribution in [0.5, 0.6) is 0 Å². The normalized spacial score (nSPS) is 18.8. The molecule has 1 aliphatic heterocycles. The Labute approximate surface area is 125 Å². The lowest BCUT2D eigenvalue weighted by molar-refractivity contribution is -0.0600. The van der Waals surface area contributed by atoms with Gasteiger partial charge in [0.05, 0.1) is 11.6 Å². The minimum Gasteiger partial charge on any atom is -0.388 e. The van der Waals surface area contributed by atoms with Crippen LogP contribution in [0.2, 0.25) is 0 Å². The Hall–Kier alpha value is -1.59. The van der Waals surface area contributed by atoms with E-state index >= 15 is 0 Å². The van der Waals surface area contributed by atoms with Gasteiger partial charge in [-0.3, -0.25) is 0 Å². The Morgan fingerprint density at radius 1 is 1.33 bits per heavy atom. The summed E-state index contributed by atoms with van der Waals surface area (Å²) in [6, 6.07) is 7.73. The summed E-state index contributed by atoms with van der Waals surface area (Å²) in [4.78, 5) is 11.9. The molecule has 2 rings (SSSR count). The van der Waals surface area contributed by atoms with Gasteiger partial charge in [0, 0.05) is 32.6 Å². The molecule has 0 bridgehead atoms. The topological polar surface area (TPSA) is 70.6 Å². The van der Waals surface area contributed by atoms with Crippen LogP contribution in [0.1, 0.15) is 36.9 Å². The van der Waals surface area contributed by atoms with E-state index < -0.39 is 5.60 Å². The van der Waals surface area contributed by atoms with Gasteiger partial charge in [0.25, 0.3) is 0 Å². The van der Waals surface area contributed by atoms with Crippen molar-refractivity contribution >= 4 is 6.03 Å². The summed E-state index contributed by atoms with van der Waals surface area (Å²) < 4.78 is 5.22. The largest absolute Gasteiger partial charge is 0.388 e. The van der Waals surface area contributed by atoms with Crippen LogP contribution in [-0.4, -0.2) is 36.5 Å². The fraction of sp³-hybridized carbons (Fsp3) is 0.562. The van der Waals surface area contributed by atoms with Gasteiger partial charge in [-0.1, -0.05) is 29.8 Å². The van der Waals surface area contributed by atoms with Gasteiger partial charge in [-0.2, -0.15) is 0 Å². The van der Waals surface area contributed by atoms with E-state index in [1.807, 2.05) is 38.1 Å². The van der Waals surface area contributed by atoms with Crippen LogP contribution in [0.3, 0.4) is 0 Å². The minimum atomic E-state index is -0.845. The Morgan fingerprint density at radius 3 is 2.57 bits per heavy atom. The number of benzene rings is 1. The quantitative estimate of drug-likeness (QED) is 0.793. The molecule has 3 N–H and O–H groups in total. The van der Waals surface area contributed by atoms with Crippen LogP contribution in [0.15, 0.2) is 24.3 Å². The van der Waals surface area contributed by atoms with Gasteiger partial charge in [0.15, 0.2) is 0 Å². The van der Waals surface area contributed by atoms with Crippen LogP contribution in [0, 0.1) is 6.92 Å². The zero-order valence-electron chi connectivity index (χ0n) is 12.7. The lowest BCUT2D eigenvalue weighted by Gasteiger charge is -2.32. The predicted molar refractivity (Wildman–Crippen MR) is 81.1 cm³/mol. The highest BCUT2D eigenvalue weighted by atomic mass is 16.5. The van der Waals surface area contributed by atoms with Crippen molar-refractivity contribution in [3.8, 4) is 0 Å². The van der Waals surface area contributed by atoms with E-state index in [4.69, 9.17) is 4.74 Å². The number of aliphatic hydroxyl groups is 1. The van der Waals surface area contributed by atoms with Crippen molar-refractivity contribution in [2.45, 2.75) is 38.3 Å². The van der Waals surface area contributed by atoms with Gasteiger partial charge < -0.3 is 20.5 Å². The van der Waals surface area contributed by atoms with Gasteiger partial charge >= 0.3 is 6.03 Å². The summed E-state index contributed by atoms with van der Waals surface area (Å²) in [5, 5.41) is 15.9. The van der Waals surface area contributed by atoms with E-state index in [2.05, 4.69) is 10.6 Å². The highest BCUT2D eigenvalue weighted by Crippen LogP contribution is 2.19. The number of carbonyl (C=O) groups excluding carboxylic acids is 1. The third-order valence-electron chi connectivity index (χ3n) is 3.93. The van der Waals surface area contributed by atoms with Gasteiger partial charge in [0.1, 0.15) is 0 Å². The van der Waals surface area contributed by atoms with Crippen molar-refractivity contribution in [2.24, 2.45) is 0 Å². The second-order valence-electron chi connectivity index (χ2n) is 5.80. The molecule has 1 aliphatic rings. The number of hydrogen-bond acceptors (Lipinski definition) is 3. The third kappa shape index (κ3) is 4.72. The molecule has 0 aromatic heterocycles. The maximum absolute atomic E-state index is 11.9. The first-order valence-corrected chi connectivity index (χ1v) is 7.40. The standard InChI is InChI=1S/C16H24N2O3/c1-12-3-5-14(6-4-12)13(2)18-15(19)17-11-16(20)7-9-21-10-8-16/h3-6,13,20H,7-11H2,1-2H3,(H2,17,18,19). The second-order valence-corrected chi connectivity index (χ2v) is 5.80. The third-order valence-corrected chi connectivity index (χ3v) is 3.93. The van der Waals surface area contributed by atoms with E-state index in [1.54, 1.807) is 0 Å². The number of urea groups is 1. The summed E-state index contributed by atoms with van der Waals surface area (Å²) in [7, 11) is 0. The molecule has 21 heavy (non-hydrogen) atoms. The number of ether oxygens (including phenoxy) is 1. The number of nitrogens with one attached hydrogen (secondary N) is 2. The summed E-state index contributed by atoms with van der Waals surface area (Å²) in [6.07, 6.45) is 1.11. The predicted octanol–water partition coefficient (Wildman–Crippen LogP) is 1.90.